The molecule has 0 atom stereocenters. The molecule has 0 bridgehead atoms. The highest BCUT2D eigenvalue weighted by Crippen LogP contribution is 2.24. The highest BCUT2D eigenvalue weighted by molar-refractivity contribution is 5.87. The lowest BCUT2D eigenvalue weighted by Crippen LogP contribution is -2.20. The molecule has 0 spiro atoms. The Morgan fingerprint density at radius 3 is 2.71 bits per heavy atom. The van der Waals surface area contributed by atoms with Gasteiger partial charge in [0.2, 0.25) is 5.91 Å². The fourth-order valence-corrected chi connectivity index (χ4v) is 1.18. The lowest BCUT2D eigenvalue weighted by molar-refractivity contribution is -0.116. The smallest absolute Gasteiger partial charge is 0.244 e. The van der Waals surface area contributed by atoms with E-state index in [1.807, 2.05) is 13.0 Å². The topological polar surface area (TPSA) is 69.6 Å². The highest BCUT2D eigenvalue weighted by Gasteiger charge is 2.01. The lowest BCUT2D eigenvalue weighted by atomic mass is 10.2. The third-order valence-corrected chi connectivity index (χ3v) is 2.06. The summed E-state index contributed by atoms with van der Waals surface area (Å²) in [5.41, 5.74) is 0.716. The van der Waals surface area contributed by atoms with E-state index in [0.29, 0.717) is 12.1 Å². The molecule has 0 saturated heterocycles. The number of hydrogen-bond acceptors (Lipinski definition) is 3. The van der Waals surface area contributed by atoms with Crippen molar-refractivity contribution in [2.45, 2.75) is 13.5 Å². The highest BCUT2D eigenvalue weighted by atomic mass is 16.3. The third-order valence-electron chi connectivity index (χ3n) is 2.06. The van der Waals surface area contributed by atoms with Crippen molar-refractivity contribution in [2.75, 3.05) is 0 Å². The molecule has 0 aliphatic heterocycles. The Morgan fingerprint density at radius 2 is 2.06 bits per heavy atom. The molecular weight excluding hydrogens is 218 g/mol. The average Bonchev–Trinajstić information content (AvgIpc) is 2.31. The number of carbonyl (C=O) groups excluding carboxylic acids is 1. The van der Waals surface area contributed by atoms with Crippen LogP contribution in [0.15, 0.2) is 42.5 Å². The van der Waals surface area contributed by atoms with E-state index in [4.69, 9.17) is 5.11 Å². The Morgan fingerprint density at radius 1 is 1.29 bits per heavy atom. The van der Waals surface area contributed by atoms with Gasteiger partial charge in [-0.05, 0) is 24.6 Å². The van der Waals surface area contributed by atoms with Crippen LogP contribution in [0.4, 0.5) is 0 Å². The molecule has 0 unspecified atom stereocenters. The number of aromatic hydroxyl groups is 2. The van der Waals surface area contributed by atoms with E-state index in [1.54, 1.807) is 18.2 Å². The fraction of sp³-hybridized carbons (Fsp3) is 0.154. The molecular formula is C13H15NO3. The Hall–Kier alpha value is -2.23. The first-order valence-electron chi connectivity index (χ1n) is 5.21. The normalized spacial score (nSPS) is 11.1. The second-order valence-electron chi connectivity index (χ2n) is 3.43. The van der Waals surface area contributed by atoms with Gasteiger partial charge in [0.15, 0.2) is 11.5 Å². The zero-order valence-electron chi connectivity index (χ0n) is 9.55. The molecule has 4 nitrogen and oxygen atoms in total. The average molecular weight is 233 g/mol. The summed E-state index contributed by atoms with van der Waals surface area (Å²) < 4.78 is 0. The molecule has 0 fully saturated rings. The van der Waals surface area contributed by atoms with Crippen molar-refractivity contribution < 1.29 is 15.0 Å². The van der Waals surface area contributed by atoms with Gasteiger partial charge in [0.25, 0.3) is 0 Å². The van der Waals surface area contributed by atoms with Crippen LogP contribution < -0.4 is 5.32 Å². The first-order valence-corrected chi connectivity index (χ1v) is 5.21. The maximum atomic E-state index is 11.3. The molecule has 3 N–H and O–H groups in total. The van der Waals surface area contributed by atoms with Crippen LogP contribution in [0.3, 0.4) is 0 Å². The zero-order valence-corrected chi connectivity index (χ0v) is 9.55. The molecule has 90 valence electrons. The van der Waals surface area contributed by atoms with Gasteiger partial charge < -0.3 is 15.5 Å². The van der Waals surface area contributed by atoms with Gasteiger partial charge in [-0.25, -0.2) is 0 Å². The van der Waals surface area contributed by atoms with E-state index in [9.17, 15) is 9.90 Å². The maximum absolute atomic E-state index is 11.3. The molecule has 0 aliphatic carbocycles. The van der Waals surface area contributed by atoms with E-state index in [2.05, 4.69) is 5.32 Å². The number of allylic oxidation sites excluding steroid dienone is 3. The van der Waals surface area contributed by atoms with Crippen LogP contribution >= 0.6 is 0 Å². The molecule has 0 saturated carbocycles. The summed E-state index contributed by atoms with van der Waals surface area (Å²) >= 11 is 0. The molecule has 4 heteroatoms. The van der Waals surface area contributed by atoms with Gasteiger partial charge in [0, 0.05) is 12.6 Å². The van der Waals surface area contributed by atoms with Crippen LogP contribution in [0.2, 0.25) is 0 Å². The minimum atomic E-state index is -0.212. The zero-order chi connectivity index (χ0) is 12.7. The number of amides is 1. The minimum Gasteiger partial charge on any atom is -0.504 e. The Kier molecular flexibility index (Phi) is 4.81. The molecule has 1 amide bonds. The Labute approximate surface area is 99.9 Å². The molecule has 1 rings (SSSR count). The summed E-state index contributed by atoms with van der Waals surface area (Å²) in [5, 5.41) is 21.0. The van der Waals surface area contributed by atoms with Crippen molar-refractivity contribution in [3.8, 4) is 11.5 Å². The SMILES string of the molecule is C/C=C/C=C/C(=O)NCc1ccc(O)c(O)c1. The Bertz CT molecular complexity index is 450. The van der Waals surface area contributed by atoms with Gasteiger partial charge in [-0.3, -0.25) is 4.79 Å². The second-order valence-corrected chi connectivity index (χ2v) is 3.43. The standard InChI is InChI=1S/C13H15NO3/c1-2-3-4-5-13(17)14-9-10-6-7-11(15)12(16)8-10/h2-8,15-16H,9H2,1H3,(H,14,17)/b3-2+,5-4+. The van der Waals surface area contributed by atoms with Gasteiger partial charge in [-0.15, -0.1) is 0 Å². The summed E-state index contributed by atoms with van der Waals surface area (Å²) in [5.74, 6) is -0.579. The Balaban J connectivity index is 2.50. The predicted molar refractivity (Wildman–Crippen MR) is 65.6 cm³/mol. The van der Waals surface area contributed by atoms with Crippen molar-refractivity contribution in [1.82, 2.24) is 5.32 Å². The van der Waals surface area contributed by atoms with Crippen LogP contribution in [0.25, 0.3) is 0 Å². The van der Waals surface area contributed by atoms with Crippen molar-refractivity contribution in [3.05, 3.63) is 48.1 Å². The van der Waals surface area contributed by atoms with E-state index < -0.39 is 0 Å². The number of phenolic OH excluding ortho intramolecular Hbond substituents is 2. The quantitative estimate of drug-likeness (QED) is 0.422. The molecule has 1 aromatic rings. The fourth-order valence-electron chi connectivity index (χ4n) is 1.18. The molecule has 0 heterocycles. The van der Waals surface area contributed by atoms with Gasteiger partial charge in [0.05, 0.1) is 0 Å². The van der Waals surface area contributed by atoms with Gasteiger partial charge in [0.1, 0.15) is 0 Å². The van der Waals surface area contributed by atoms with E-state index in [-0.39, 0.29) is 17.4 Å². The molecule has 0 radical (unpaired) electrons. The molecule has 1 aromatic carbocycles. The molecule has 0 aliphatic rings. The van der Waals surface area contributed by atoms with Crippen LogP contribution in [0.5, 0.6) is 11.5 Å². The first-order chi connectivity index (χ1) is 8.13. The maximum Gasteiger partial charge on any atom is 0.244 e. The van der Waals surface area contributed by atoms with Crippen molar-refractivity contribution >= 4 is 5.91 Å². The predicted octanol–water partition coefficient (Wildman–Crippen LogP) is 1.85. The summed E-state index contributed by atoms with van der Waals surface area (Å²) in [4.78, 5) is 11.3. The van der Waals surface area contributed by atoms with Crippen molar-refractivity contribution in [1.29, 1.82) is 0 Å². The third kappa shape index (κ3) is 4.42. The number of phenols is 2. The molecule has 17 heavy (non-hydrogen) atoms. The van der Waals surface area contributed by atoms with Gasteiger partial charge in [-0.1, -0.05) is 24.3 Å². The summed E-state index contributed by atoms with van der Waals surface area (Å²) in [6.45, 7) is 2.16. The van der Waals surface area contributed by atoms with E-state index in [1.165, 1.54) is 18.2 Å². The van der Waals surface area contributed by atoms with E-state index in [0.717, 1.165) is 0 Å². The number of rotatable bonds is 4. The van der Waals surface area contributed by atoms with Crippen molar-refractivity contribution in [2.24, 2.45) is 0 Å². The van der Waals surface area contributed by atoms with Crippen LogP contribution in [-0.2, 0) is 11.3 Å². The van der Waals surface area contributed by atoms with Crippen LogP contribution in [0, 0.1) is 0 Å². The van der Waals surface area contributed by atoms with Crippen molar-refractivity contribution in [3.63, 3.8) is 0 Å². The van der Waals surface area contributed by atoms with E-state index >= 15 is 0 Å². The monoisotopic (exact) mass is 233 g/mol. The molecule has 0 aromatic heterocycles. The first kappa shape index (κ1) is 12.8. The minimum absolute atomic E-state index is 0.173. The lowest BCUT2D eigenvalue weighted by Gasteiger charge is -2.04. The number of nitrogens with one attached hydrogen (secondary N) is 1. The summed E-state index contributed by atoms with van der Waals surface area (Å²) in [6, 6.07) is 4.42. The number of hydrogen-bond donors (Lipinski definition) is 3. The summed E-state index contributed by atoms with van der Waals surface area (Å²) in [6.07, 6.45) is 6.64. The van der Waals surface area contributed by atoms with Gasteiger partial charge in [-0.2, -0.15) is 0 Å². The largest absolute Gasteiger partial charge is 0.504 e. The number of benzene rings is 1. The van der Waals surface area contributed by atoms with Crippen LogP contribution in [-0.4, -0.2) is 16.1 Å². The summed E-state index contributed by atoms with van der Waals surface area (Å²) in [7, 11) is 0. The van der Waals surface area contributed by atoms with Gasteiger partial charge >= 0.3 is 0 Å². The number of carbonyl (C=O) groups is 1. The second kappa shape index (κ2) is 6.37. The van der Waals surface area contributed by atoms with Crippen LogP contribution in [0.1, 0.15) is 12.5 Å².